The summed E-state index contributed by atoms with van der Waals surface area (Å²) < 4.78 is 12.4. The van der Waals surface area contributed by atoms with E-state index < -0.39 is 5.97 Å². The van der Waals surface area contributed by atoms with Gasteiger partial charge in [0.15, 0.2) is 11.4 Å². The quantitative estimate of drug-likeness (QED) is 0.908. The van der Waals surface area contributed by atoms with Gasteiger partial charge in [0.25, 0.3) is 0 Å². The lowest BCUT2D eigenvalue weighted by molar-refractivity contribution is 0.0675. The standard InChI is InChI=1S/C14H16N2O4/c17-14(18)13-12(20-10-4-1-2-5-10)8-15-16(13)9-11-6-3-7-19-11/h3,6-8,10H,1-2,4-5,9H2,(H,17,18). The molecule has 1 N–H and O–H groups in total. The molecule has 0 amide bonds. The van der Waals surface area contributed by atoms with Crippen LogP contribution in [0.25, 0.3) is 0 Å². The summed E-state index contributed by atoms with van der Waals surface area (Å²) in [6.45, 7) is 0.280. The van der Waals surface area contributed by atoms with E-state index in [9.17, 15) is 9.90 Å². The Morgan fingerprint density at radius 2 is 2.30 bits per heavy atom. The average Bonchev–Trinajstić information content (AvgIpc) is 3.12. The fourth-order valence-electron chi connectivity index (χ4n) is 2.53. The molecule has 3 rings (SSSR count). The van der Waals surface area contributed by atoms with E-state index in [1.165, 1.54) is 10.9 Å². The van der Waals surface area contributed by atoms with Crippen molar-refractivity contribution in [2.24, 2.45) is 0 Å². The molecule has 0 aromatic carbocycles. The van der Waals surface area contributed by atoms with Gasteiger partial charge in [0.05, 0.1) is 18.6 Å². The van der Waals surface area contributed by atoms with Gasteiger partial charge < -0.3 is 14.3 Å². The fourth-order valence-corrected chi connectivity index (χ4v) is 2.53. The molecule has 0 aliphatic heterocycles. The molecular formula is C14H16N2O4. The number of furan rings is 1. The van der Waals surface area contributed by atoms with Gasteiger partial charge in [-0.2, -0.15) is 5.10 Å². The molecule has 1 saturated carbocycles. The number of aromatic nitrogens is 2. The van der Waals surface area contributed by atoms with Crippen LogP contribution in [0.15, 0.2) is 29.0 Å². The minimum Gasteiger partial charge on any atom is -0.486 e. The number of hydrogen-bond donors (Lipinski definition) is 1. The Bertz CT molecular complexity index is 582. The van der Waals surface area contributed by atoms with Gasteiger partial charge in [0.2, 0.25) is 0 Å². The van der Waals surface area contributed by atoms with Gasteiger partial charge in [-0.25, -0.2) is 9.48 Å². The molecule has 6 nitrogen and oxygen atoms in total. The van der Waals surface area contributed by atoms with E-state index in [0.717, 1.165) is 25.7 Å². The Morgan fingerprint density at radius 1 is 1.50 bits per heavy atom. The second-order valence-electron chi connectivity index (χ2n) is 4.92. The molecule has 1 fully saturated rings. The Hall–Kier alpha value is -2.24. The first-order valence-electron chi connectivity index (χ1n) is 6.72. The van der Waals surface area contributed by atoms with Crippen molar-refractivity contribution in [2.75, 3.05) is 0 Å². The lowest BCUT2D eigenvalue weighted by Crippen LogP contribution is -2.15. The minimum absolute atomic E-state index is 0.0771. The van der Waals surface area contributed by atoms with Crippen molar-refractivity contribution < 1.29 is 19.1 Å². The smallest absolute Gasteiger partial charge is 0.358 e. The molecule has 0 saturated heterocycles. The zero-order valence-electron chi connectivity index (χ0n) is 11.0. The van der Waals surface area contributed by atoms with Crippen LogP contribution in [0.5, 0.6) is 5.75 Å². The summed E-state index contributed by atoms with van der Waals surface area (Å²) in [5.74, 6) is -0.0407. The number of ether oxygens (including phenoxy) is 1. The number of rotatable bonds is 5. The first kappa shape index (κ1) is 12.8. The zero-order chi connectivity index (χ0) is 13.9. The second-order valence-corrected chi connectivity index (χ2v) is 4.92. The summed E-state index contributed by atoms with van der Waals surface area (Å²) in [5.41, 5.74) is 0.0771. The summed E-state index contributed by atoms with van der Waals surface area (Å²) in [6, 6.07) is 3.54. The highest BCUT2D eigenvalue weighted by atomic mass is 16.5. The van der Waals surface area contributed by atoms with Crippen molar-refractivity contribution in [1.82, 2.24) is 9.78 Å². The van der Waals surface area contributed by atoms with E-state index in [1.807, 2.05) is 0 Å². The average molecular weight is 276 g/mol. The van der Waals surface area contributed by atoms with E-state index in [1.54, 1.807) is 18.4 Å². The third-order valence-corrected chi connectivity index (χ3v) is 3.49. The maximum atomic E-state index is 11.4. The van der Waals surface area contributed by atoms with Crippen molar-refractivity contribution in [1.29, 1.82) is 0 Å². The number of hydrogen-bond acceptors (Lipinski definition) is 4. The van der Waals surface area contributed by atoms with Gasteiger partial charge in [-0.1, -0.05) is 0 Å². The molecule has 1 aliphatic carbocycles. The molecular weight excluding hydrogens is 260 g/mol. The summed E-state index contributed by atoms with van der Waals surface area (Å²) in [7, 11) is 0. The highest BCUT2D eigenvalue weighted by molar-refractivity contribution is 5.88. The molecule has 0 bridgehead atoms. The van der Waals surface area contributed by atoms with Crippen molar-refractivity contribution in [3.05, 3.63) is 36.0 Å². The van der Waals surface area contributed by atoms with E-state index in [0.29, 0.717) is 11.5 Å². The van der Waals surface area contributed by atoms with Gasteiger partial charge in [-0.05, 0) is 37.8 Å². The highest BCUT2D eigenvalue weighted by Gasteiger charge is 2.24. The van der Waals surface area contributed by atoms with E-state index in [4.69, 9.17) is 9.15 Å². The molecule has 0 spiro atoms. The van der Waals surface area contributed by atoms with Crippen molar-refractivity contribution in [3.63, 3.8) is 0 Å². The van der Waals surface area contributed by atoms with Crippen molar-refractivity contribution in [3.8, 4) is 5.75 Å². The number of carboxylic acids is 1. The number of nitrogens with zero attached hydrogens (tertiary/aromatic N) is 2. The second kappa shape index (κ2) is 5.40. The predicted molar refractivity (Wildman–Crippen MR) is 69.9 cm³/mol. The van der Waals surface area contributed by atoms with Gasteiger partial charge >= 0.3 is 5.97 Å². The molecule has 2 heterocycles. The van der Waals surface area contributed by atoms with Crippen LogP contribution >= 0.6 is 0 Å². The molecule has 0 radical (unpaired) electrons. The molecule has 0 unspecified atom stereocenters. The van der Waals surface area contributed by atoms with Crippen LogP contribution in [0.3, 0.4) is 0 Å². The van der Waals surface area contributed by atoms with E-state index in [2.05, 4.69) is 5.10 Å². The first-order chi connectivity index (χ1) is 9.74. The van der Waals surface area contributed by atoms with Crippen LogP contribution in [0.4, 0.5) is 0 Å². The molecule has 20 heavy (non-hydrogen) atoms. The van der Waals surface area contributed by atoms with Crippen molar-refractivity contribution in [2.45, 2.75) is 38.3 Å². The largest absolute Gasteiger partial charge is 0.486 e. The van der Waals surface area contributed by atoms with Crippen LogP contribution in [0, 0.1) is 0 Å². The SMILES string of the molecule is O=C(O)c1c(OC2CCCC2)cnn1Cc1ccco1. The van der Waals surface area contributed by atoms with Crippen LogP contribution in [-0.4, -0.2) is 27.0 Å². The zero-order valence-corrected chi connectivity index (χ0v) is 11.0. The maximum absolute atomic E-state index is 11.4. The van der Waals surface area contributed by atoms with Crippen LogP contribution in [-0.2, 0) is 6.54 Å². The lowest BCUT2D eigenvalue weighted by atomic mass is 10.3. The van der Waals surface area contributed by atoms with Gasteiger partial charge in [-0.15, -0.1) is 0 Å². The number of carbonyl (C=O) groups is 1. The first-order valence-corrected chi connectivity index (χ1v) is 6.72. The number of aromatic carboxylic acids is 1. The summed E-state index contributed by atoms with van der Waals surface area (Å²) in [5, 5.41) is 13.5. The predicted octanol–water partition coefficient (Wildman–Crippen LogP) is 2.54. The molecule has 2 aromatic rings. The summed E-state index contributed by atoms with van der Waals surface area (Å²) in [4.78, 5) is 11.4. The third kappa shape index (κ3) is 2.54. The minimum atomic E-state index is -1.04. The Kier molecular flexibility index (Phi) is 3.45. The molecule has 2 aromatic heterocycles. The van der Waals surface area contributed by atoms with Gasteiger partial charge in [0, 0.05) is 0 Å². The Balaban J connectivity index is 1.83. The fraction of sp³-hybridized carbons (Fsp3) is 0.429. The molecule has 106 valence electrons. The van der Waals surface area contributed by atoms with E-state index >= 15 is 0 Å². The number of carboxylic acid groups (broad SMARTS) is 1. The normalized spacial score (nSPS) is 15.6. The van der Waals surface area contributed by atoms with Crippen LogP contribution < -0.4 is 4.74 Å². The summed E-state index contributed by atoms with van der Waals surface area (Å²) >= 11 is 0. The topological polar surface area (TPSA) is 77.5 Å². The highest BCUT2D eigenvalue weighted by Crippen LogP contribution is 2.27. The van der Waals surface area contributed by atoms with Crippen LogP contribution in [0.2, 0.25) is 0 Å². The van der Waals surface area contributed by atoms with Crippen LogP contribution in [0.1, 0.15) is 41.9 Å². The molecule has 6 heteroatoms. The lowest BCUT2D eigenvalue weighted by Gasteiger charge is -2.12. The Morgan fingerprint density at radius 3 is 2.95 bits per heavy atom. The monoisotopic (exact) mass is 276 g/mol. The molecule has 0 atom stereocenters. The summed E-state index contributed by atoms with van der Waals surface area (Å²) in [6.07, 6.45) is 7.35. The Labute approximate surface area is 116 Å². The van der Waals surface area contributed by atoms with Crippen molar-refractivity contribution >= 4 is 5.97 Å². The maximum Gasteiger partial charge on any atom is 0.358 e. The van der Waals surface area contributed by atoms with Gasteiger partial charge in [-0.3, -0.25) is 0 Å². The molecule has 1 aliphatic rings. The van der Waals surface area contributed by atoms with E-state index in [-0.39, 0.29) is 18.3 Å². The van der Waals surface area contributed by atoms with Gasteiger partial charge in [0.1, 0.15) is 12.3 Å². The third-order valence-electron chi connectivity index (χ3n) is 3.49.